The predicted molar refractivity (Wildman–Crippen MR) is 40.7 cm³/mol. The molecule has 1 unspecified atom stereocenters. The van der Waals surface area contributed by atoms with Crippen molar-refractivity contribution in [2.24, 2.45) is 5.92 Å². The molecule has 0 aromatic rings. The van der Waals surface area contributed by atoms with Crippen molar-refractivity contribution in [2.45, 2.75) is 33.6 Å². The largest absolute Gasteiger partial charge is 0.465 e. The number of esters is 1. The van der Waals surface area contributed by atoms with Crippen molar-refractivity contribution in [3.8, 4) is 0 Å². The quantitative estimate of drug-likeness (QED) is 0.554. The minimum absolute atomic E-state index is 0. The first kappa shape index (κ1) is 9.47. The minimum Gasteiger partial charge on any atom is -0.465 e. The van der Waals surface area contributed by atoms with Gasteiger partial charge in [0, 0.05) is 5.92 Å². The summed E-state index contributed by atoms with van der Waals surface area (Å²) in [6.45, 7) is 2.79. The summed E-state index contributed by atoms with van der Waals surface area (Å²) in [6.07, 6.45) is 2.93. The summed E-state index contributed by atoms with van der Waals surface area (Å²) >= 11 is 0. The van der Waals surface area contributed by atoms with E-state index in [1.807, 2.05) is 0 Å². The Morgan fingerprint density at radius 1 is 1.70 bits per heavy atom. The van der Waals surface area contributed by atoms with Gasteiger partial charge in [-0.3, -0.25) is 4.79 Å². The van der Waals surface area contributed by atoms with Crippen molar-refractivity contribution in [2.75, 3.05) is 6.61 Å². The normalized spacial score (nSPS) is 23.7. The lowest BCUT2D eigenvalue weighted by Crippen LogP contribution is -1.96. The summed E-state index contributed by atoms with van der Waals surface area (Å²) in [4.78, 5) is 10.5. The molecule has 0 radical (unpaired) electrons. The first-order valence-corrected chi connectivity index (χ1v) is 3.48. The highest BCUT2D eigenvalue weighted by Gasteiger charge is 2.21. The van der Waals surface area contributed by atoms with Crippen LogP contribution in [0.3, 0.4) is 0 Å². The Morgan fingerprint density at radius 2 is 2.40 bits per heavy atom. The van der Waals surface area contributed by atoms with E-state index in [0.717, 1.165) is 12.8 Å². The van der Waals surface area contributed by atoms with Crippen molar-refractivity contribution in [3.63, 3.8) is 0 Å². The molecule has 0 saturated carbocycles. The van der Waals surface area contributed by atoms with E-state index in [1.165, 1.54) is 0 Å². The second kappa shape index (κ2) is 4.31. The van der Waals surface area contributed by atoms with Crippen LogP contribution in [0.15, 0.2) is 0 Å². The van der Waals surface area contributed by atoms with Gasteiger partial charge in [-0.15, -0.1) is 0 Å². The van der Waals surface area contributed by atoms with Crippen molar-refractivity contribution in [1.82, 2.24) is 0 Å². The molecule has 0 aromatic heterocycles. The van der Waals surface area contributed by atoms with Gasteiger partial charge in [0.25, 0.3) is 0 Å². The third-order valence-corrected chi connectivity index (χ3v) is 1.63. The molecule has 1 aliphatic heterocycles. The van der Waals surface area contributed by atoms with Crippen molar-refractivity contribution < 1.29 is 9.53 Å². The maximum atomic E-state index is 10.5. The predicted octanol–water partition coefficient (Wildman–Crippen LogP) is 1.99. The molecule has 2 nitrogen and oxygen atoms in total. The highest BCUT2D eigenvalue weighted by Crippen LogP contribution is 2.18. The highest BCUT2D eigenvalue weighted by atomic mass is 16.5. The van der Waals surface area contributed by atoms with Gasteiger partial charge < -0.3 is 4.74 Å². The molecular weight excluding hydrogens is 128 g/mol. The first-order valence-electron chi connectivity index (χ1n) is 3.48. The van der Waals surface area contributed by atoms with E-state index in [9.17, 15) is 4.79 Å². The van der Waals surface area contributed by atoms with Gasteiger partial charge in [0.05, 0.1) is 13.0 Å². The fourth-order valence-corrected chi connectivity index (χ4v) is 1.16. The molecule has 1 fully saturated rings. The molecule has 1 saturated heterocycles. The molecule has 0 bridgehead atoms. The minimum atomic E-state index is -0.0200. The lowest BCUT2D eigenvalue weighted by molar-refractivity contribution is -0.137. The summed E-state index contributed by atoms with van der Waals surface area (Å²) in [5.74, 6) is 0.496. The maximum Gasteiger partial charge on any atom is 0.306 e. The molecule has 0 aromatic carbocycles. The second-order valence-corrected chi connectivity index (χ2v) is 2.54. The summed E-state index contributed by atoms with van der Waals surface area (Å²) in [7, 11) is 0. The summed E-state index contributed by atoms with van der Waals surface area (Å²) in [5, 5.41) is 0. The van der Waals surface area contributed by atoms with Crippen molar-refractivity contribution in [3.05, 3.63) is 0 Å². The molecule has 1 heterocycles. The van der Waals surface area contributed by atoms with E-state index >= 15 is 0 Å². The zero-order valence-electron chi connectivity index (χ0n) is 5.72. The zero-order chi connectivity index (χ0) is 6.69. The van der Waals surface area contributed by atoms with Gasteiger partial charge in [-0.25, -0.2) is 0 Å². The first-order chi connectivity index (χ1) is 4.33. The molecule has 10 heavy (non-hydrogen) atoms. The number of carbonyl (C=O) groups excluding carboxylic acids is 1. The van der Waals surface area contributed by atoms with Crippen molar-refractivity contribution in [1.29, 1.82) is 0 Å². The summed E-state index contributed by atoms with van der Waals surface area (Å²) < 4.78 is 4.78. The lowest BCUT2D eigenvalue weighted by Gasteiger charge is -1.99. The van der Waals surface area contributed by atoms with Crippen LogP contribution in [-0.4, -0.2) is 12.6 Å². The molecule has 0 spiro atoms. The Hall–Kier alpha value is -0.530. The number of rotatable bonds is 2. The Kier molecular flexibility index (Phi) is 4.08. The fraction of sp³-hybridized carbons (Fsp3) is 0.875. The smallest absolute Gasteiger partial charge is 0.306 e. The third-order valence-electron chi connectivity index (χ3n) is 1.63. The standard InChI is InChI=1S/C7H12O2.CH4/c1-2-3-6-4-7(8)9-5-6;/h6H,2-5H2,1H3;1H4. The van der Waals surface area contributed by atoms with Crippen molar-refractivity contribution >= 4 is 5.97 Å². The second-order valence-electron chi connectivity index (χ2n) is 2.54. The van der Waals surface area contributed by atoms with Crippen LogP contribution in [0.4, 0.5) is 0 Å². The summed E-state index contributed by atoms with van der Waals surface area (Å²) in [6, 6.07) is 0. The highest BCUT2D eigenvalue weighted by molar-refractivity contribution is 5.71. The fourth-order valence-electron chi connectivity index (χ4n) is 1.16. The van der Waals surface area contributed by atoms with Gasteiger partial charge >= 0.3 is 5.97 Å². The third kappa shape index (κ3) is 2.38. The maximum absolute atomic E-state index is 10.5. The van der Waals surface area contributed by atoms with E-state index in [-0.39, 0.29) is 13.4 Å². The molecule has 2 heteroatoms. The van der Waals surface area contributed by atoms with Gasteiger partial charge in [0.15, 0.2) is 0 Å². The monoisotopic (exact) mass is 144 g/mol. The number of hydrogen-bond acceptors (Lipinski definition) is 2. The number of hydrogen-bond donors (Lipinski definition) is 0. The van der Waals surface area contributed by atoms with Gasteiger partial charge in [-0.05, 0) is 6.42 Å². The van der Waals surface area contributed by atoms with E-state index in [1.54, 1.807) is 0 Å². The van der Waals surface area contributed by atoms with Gasteiger partial charge in [-0.2, -0.15) is 0 Å². The van der Waals surface area contributed by atoms with Crippen LogP contribution < -0.4 is 0 Å². The molecule has 0 amide bonds. The van der Waals surface area contributed by atoms with E-state index < -0.39 is 0 Å². The number of carbonyl (C=O) groups is 1. The number of cyclic esters (lactones) is 1. The average molecular weight is 144 g/mol. The molecule has 0 aliphatic carbocycles. The summed E-state index contributed by atoms with van der Waals surface area (Å²) in [5.41, 5.74) is 0. The molecule has 1 rings (SSSR count). The van der Waals surface area contributed by atoms with Gasteiger partial charge in [0.2, 0.25) is 0 Å². The SMILES string of the molecule is C.CCCC1COC(=O)C1. The Morgan fingerprint density at radius 3 is 2.80 bits per heavy atom. The molecule has 1 atom stereocenters. The number of ether oxygens (including phenoxy) is 1. The van der Waals surface area contributed by atoms with Crippen LogP contribution in [0.1, 0.15) is 33.6 Å². The topological polar surface area (TPSA) is 26.3 Å². The van der Waals surface area contributed by atoms with Crippen LogP contribution >= 0.6 is 0 Å². The molecule has 60 valence electrons. The molecule has 1 aliphatic rings. The zero-order valence-corrected chi connectivity index (χ0v) is 5.72. The van der Waals surface area contributed by atoms with Gasteiger partial charge in [0.1, 0.15) is 0 Å². The van der Waals surface area contributed by atoms with E-state index in [4.69, 9.17) is 4.74 Å². The Labute approximate surface area is 62.6 Å². The average Bonchev–Trinajstić information content (AvgIpc) is 2.17. The lowest BCUT2D eigenvalue weighted by atomic mass is 10.0. The van der Waals surface area contributed by atoms with Crippen LogP contribution in [-0.2, 0) is 9.53 Å². The van der Waals surface area contributed by atoms with Gasteiger partial charge in [-0.1, -0.05) is 20.8 Å². The van der Waals surface area contributed by atoms with E-state index in [0.29, 0.717) is 18.9 Å². The molecular formula is C8H16O2. The van der Waals surface area contributed by atoms with Crippen LogP contribution in [0.25, 0.3) is 0 Å². The molecule has 0 N–H and O–H groups in total. The Balaban J connectivity index is 0.000000810. The van der Waals surface area contributed by atoms with Crippen LogP contribution in [0, 0.1) is 5.92 Å². The Bertz CT molecular complexity index is 110. The van der Waals surface area contributed by atoms with E-state index in [2.05, 4.69) is 6.92 Å². The van der Waals surface area contributed by atoms with Crippen LogP contribution in [0.5, 0.6) is 0 Å². The van der Waals surface area contributed by atoms with Crippen LogP contribution in [0.2, 0.25) is 0 Å².